The molecule has 0 unspecified atom stereocenters. The predicted molar refractivity (Wildman–Crippen MR) is 128 cm³/mol. The van der Waals surface area contributed by atoms with Gasteiger partial charge in [-0.15, -0.1) is 0 Å². The van der Waals surface area contributed by atoms with Crippen LogP contribution in [0.2, 0.25) is 0 Å². The second-order valence-electron chi connectivity index (χ2n) is 8.60. The third-order valence-corrected chi connectivity index (χ3v) is 6.36. The number of benzene rings is 2. The Balaban J connectivity index is 1.65. The van der Waals surface area contributed by atoms with Gasteiger partial charge in [0.05, 0.1) is 16.9 Å². The number of carbonyl (C=O) groups is 2. The smallest absolute Gasteiger partial charge is 0.255 e. The number of piperazine rings is 1. The predicted octanol–water partition coefficient (Wildman–Crippen LogP) is 5.21. The number of nitrogens with zero attached hydrogens (tertiary/aromatic N) is 3. The van der Waals surface area contributed by atoms with Crippen LogP contribution in [0.1, 0.15) is 42.2 Å². The molecule has 0 aliphatic carbocycles. The molecule has 0 bridgehead atoms. The van der Waals surface area contributed by atoms with Gasteiger partial charge in [-0.05, 0) is 37.1 Å². The normalized spacial score (nSPS) is 13.9. The van der Waals surface area contributed by atoms with Crippen molar-refractivity contribution in [1.82, 2.24) is 14.4 Å². The molecule has 1 aliphatic heterocycles. The van der Waals surface area contributed by atoms with E-state index in [1.54, 1.807) is 22.5 Å². The maximum absolute atomic E-state index is 14.8. The molecule has 0 atom stereocenters. The van der Waals surface area contributed by atoms with E-state index < -0.39 is 11.6 Å². The van der Waals surface area contributed by atoms with E-state index in [1.807, 2.05) is 35.2 Å². The summed E-state index contributed by atoms with van der Waals surface area (Å²) >= 11 is 0. The summed E-state index contributed by atoms with van der Waals surface area (Å²) in [5.74, 6) is -1.38. The van der Waals surface area contributed by atoms with Gasteiger partial charge in [0, 0.05) is 44.4 Å². The average molecular weight is 466 g/mol. The molecule has 1 fully saturated rings. The van der Waals surface area contributed by atoms with Crippen LogP contribution < -0.4 is 0 Å². The van der Waals surface area contributed by atoms with Crippen LogP contribution in [0.15, 0.2) is 54.6 Å². The summed E-state index contributed by atoms with van der Waals surface area (Å²) in [5, 5.41) is 0. The molecule has 5 nitrogen and oxygen atoms in total. The highest BCUT2D eigenvalue weighted by Crippen LogP contribution is 2.31. The second-order valence-corrected chi connectivity index (χ2v) is 8.60. The number of hydrogen-bond acceptors (Lipinski definition) is 2. The third kappa shape index (κ3) is 4.74. The van der Waals surface area contributed by atoms with Gasteiger partial charge in [-0.3, -0.25) is 9.59 Å². The Morgan fingerprint density at radius 1 is 0.912 bits per heavy atom. The zero-order chi connectivity index (χ0) is 24.2. The van der Waals surface area contributed by atoms with E-state index in [0.29, 0.717) is 49.6 Å². The van der Waals surface area contributed by atoms with Crippen molar-refractivity contribution in [3.05, 3.63) is 77.5 Å². The maximum atomic E-state index is 14.8. The lowest BCUT2D eigenvalue weighted by atomic mass is 10.1. The summed E-state index contributed by atoms with van der Waals surface area (Å²) in [7, 11) is 0. The molecule has 2 aromatic carbocycles. The molecule has 34 heavy (non-hydrogen) atoms. The molecule has 7 heteroatoms. The Hall–Kier alpha value is -3.48. The number of rotatable bonds is 6. The molecule has 0 radical (unpaired) electrons. The van der Waals surface area contributed by atoms with Crippen LogP contribution >= 0.6 is 0 Å². The van der Waals surface area contributed by atoms with Crippen LogP contribution in [0, 0.1) is 18.6 Å². The molecule has 3 aromatic rings. The standard InChI is InChI=1S/C27H29F2N3O2/c1-3-4-10-26(33)30-13-15-31(16-14-30)27(34)22-18-25(20-8-6-5-7-9-20)32(19(22)2)24-12-11-21(28)17-23(24)29/h5-9,11-12,17-18H,3-4,10,13-16H2,1-2H3. The van der Waals surface area contributed by atoms with Crippen LogP contribution in [-0.4, -0.2) is 52.4 Å². The molecule has 4 rings (SSSR count). The van der Waals surface area contributed by atoms with E-state index in [4.69, 9.17) is 0 Å². The van der Waals surface area contributed by atoms with Crippen molar-refractivity contribution in [3.8, 4) is 16.9 Å². The highest BCUT2D eigenvalue weighted by Gasteiger charge is 2.28. The minimum atomic E-state index is -0.700. The highest BCUT2D eigenvalue weighted by molar-refractivity contribution is 5.97. The zero-order valence-corrected chi connectivity index (χ0v) is 19.6. The minimum Gasteiger partial charge on any atom is -0.339 e. The lowest BCUT2D eigenvalue weighted by Crippen LogP contribution is -2.50. The molecule has 0 saturated carbocycles. The van der Waals surface area contributed by atoms with Gasteiger partial charge >= 0.3 is 0 Å². The van der Waals surface area contributed by atoms with Crippen molar-refractivity contribution < 1.29 is 18.4 Å². The van der Waals surface area contributed by atoms with E-state index in [0.717, 1.165) is 24.5 Å². The summed E-state index contributed by atoms with van der Waals surface area (Å²) in [5.41, 5.74) is 2.70. The largest absolute Gasteiger partial charge is 0.339 e. The van der Waals surface area contributed by atoms with Gasteiger partial charge < -0.3 is 14.4 Å². The van der Waals surface area contributed by atoms with E-state index >= 15 is 0 Å². The number of hydrogen-bond donors (Lipinski definition) is 0. The second kappa shape index (κ2) is 10.2. The molecule has 2 heterocycles. The molecular formula is C27H29F2N3O2. The first-order valence-electron chi connectivity index (χ1n) is 11.7. The summed E-state index contributed by atoms with van der Waals surface area (Å²) < 4.78 is 30.0. The van der Waals surface area contributed by atoms with E-state index in [2.05, 4.69) is 6.92 Å². The van der Waals surface area contributed by atoms with Crippen LogP contribution in [0.5, 0.6) is 0 Å². The maximum Gasteiger partial charge on any atom is 0.255 e. The van der Waals surface area contributed by atoms with Gasteiger partial charge in [-0.2, -0.15) is 0 Å². The molecule has 1 saturated heterocycles. The SMILES string of the molecule is CCCCC(=O)N1CCN(C(=O)c2cc(-c3ccccc3)n(-c3ccc(F)cc3F)c2C)CC1. The van der Waals surface area contributed by atoms with E-state index in [1.165, 1.54) is 12.1 Å². The Morgan fingerprint density at radius 2 is 1.59 bits per heavy atom. The van der Waals surface area contributed by atoms with Crippen LogP contribution in [0.4, 0.5) is 8.78 Å². The fraction of sp³-hybridized carbons (Fsp3) is 0.333. The van der Waals surface area contributed by atoms with Crippen LogP contribution in [-0.2, 0) is 4.79 Å². The van der Waals surface area contributed by atoms with Crippen molar-refractivity contribution in [2.24, 2.45) is 0 Å². The van der Waals surface area contributed by atoms with Gasteiger partial charge in [0.15, 0.2) is 0 Å². The van der Waals surface area contributed by atoms with Gasteiger partial charge in [0.25, 0.3) is 5.91 Å². The quantitative estimate of drug-likeness (QED) is 0.502. The first-order valence-corrected chi connectivity index (χ1v) is 11.7. The zero-order valence-electron chi connectivity index (χ0n) is 19.6. The fourth-order valence-corrected chi connectivity index (χ4v) is 4.43. The number of amides is 2. The molecule has 0 N–H and O–H groups in total. The Labute approximate surface area is 198 Å². The summed E-state index contributed by atoms with van der Waals surface area (Å²) in [6.07, 6.45) is 2.38. The van der Waals surface area contributed by atoms with Crippen molar-refractivity contribution in [3.63, 3.8) is 0 Å². The lowest BCUT2D eigenvalue weighted by molar-refractivity contribution is -0.132. The van der Waals surface area contributed by atoms with Gasteiger partial charge in [-0.1, -0.05) is 43.7 Å². The van der Waals surface area contributed by atoms with Crippen molar-refractivity contribution in [2.45, 2.75) is 33.1 Å². The molecular weight excluding hydrogens is 436 g/mol. The molecule has 178 valence electrons. The average Bonchev–Trinajstić information content (AvgIpc) is 3.19. The summed E-state index contributed by atoms with van der Waals surface area (Å²) in [6, 6.07) is 14.6. The Morgan fingerprint density at radius 3 is 2.24 bits per heavy atom. The number of aromatic nitrogens is 1. The highest BCUT2D eigenvalue weighted by atomic mass is 19.1. The molecule has 1 aromatic heterocycles. The first kappa shape index (κ1) is 23.7. The topological polar surface area (TPSA) is 45.6 Å². The Kier molecular flexibility index (Phi) is 7.10. The molecule has 0 spiro atoms. The van der Waals surface area contributed by atoms with Crippen LogP contribution in [0.25, 0.3) is 16.9 Å². The van der Waals surface area contributed by atoms with Crippen molar-refractivity contribution >= 4 is 11.8 Å². The van der Waals surface area contributed by atoms with E-state index in [-0.39, 0.29) is 17.5 Å². The Bertz CT molecular complexity index is 1180. The molecule has 2 amide bonds. The third-order valence-electron chi connectivity index (χ3n) is 6.36. The van der Waals surface area contributed by atoms with E-state index in [9.17, 15) is 18.4 Å². The first-order chi connectivity index (χ1) is 16.4. The lowest BCUT2D eigenvalue weighted by Gasteiger charge is -2.35. The van der Waals surface area contributed by atoms with Crippen molar-refractivity contribution in [2.75, 3.05) is 26.2 Å². The number of halogens is 2. The number of carbonyl (C=O) groups excluding carboxylic acids is 2. The monoisotopic (exact) mass is 465 g/mol. The fourth-order valence-electron chi connectivity index (χ4n) is 4.43. The van der Waals surface area contributed by atoms with Gasteiger partial charge in [0.2, 0.25) is 5.91 Å². The van der Waals surface area contributed by atoms with Crippen LogP contribution in [0.3, 0.4) is 0 Å². The summed E-state index contributed by atoms with van der Waals surface area (Å²) in [4.78, 5) is 29.4. The summed E-state index contributed by atoms with van der Waals surface area (Å²) in [6.45, 7) is 5.74. The van der Waals surface area contributed by atoms with Crippen molar-refractivity contribution in [1.29, 1.82) is 0 Å². The van der Waals surface area contributed by atoms with Gasteiger partial charge in [-0.25, -0.2) is 8.78 Å². The minimum absolute atomic E-state index is 0.134. The number of unbranched alkanes of at least 4 members (excludes halogenated alkanes) is 1. The van der Waals surface area contributed by atoms with Gasteiger partial charge in [0.1, 0.15) is 11.6 Å². The molecule has 1 aliphatic rings.